The molecule has 1 aromatic heterocycles. The maximum absolute atomic E-state index is 13.0. The molecule has 1 amide bonds. The molecule has 0 bridgehead atoms. The molecule has 33 heavy (non-hydrogen) atoms. The van der Waals surface area contributed by atoms with Crippen LogP contribution in [-0.4, -0.2) is 25.4 Å². The number of hydrogen-bond acceptors (Lipinski definition) is 5. The Balaban J connectivity index is 1.45. The van der Waals surface area contributed by atoms with Gasteiger partial charge in [-0.05, 0) is 60.7 Å². The van der Waals surface area contributed by atoms with Crippen LogP contribution in [0.4, 0.5) is 0 Å². The van der Waals surface area contributed by atoms with Gasteiger partial charge >= 0.3 is 0 Å². The van der Waals surface area contributed by atoms with Crippen LogP contribution in [0.1, 0.15) is 24.8 Å². The first-order valence-electron chi connectivity index (χ1n) is 10.9. The summed E-state index contributed by atoms with van der Waals surface area (Å²) < 4.78 is 34.4. The zero-order valence-electron chi connectivity index (χ0n) is 18.1. The van der Waals surface area contributed by atoms with Crippen LogP contribution in [0, 0.1) is 12.5 Å². The van der Waals surface area contributed by atoms with Crippen molar-refractivity contribution in [2.75, 3.05) is 0 Å². The zero-order chi connectivity index (χ0) is 23.1. The largest absolute Gasteiger partial charge is 0.457 e. The summed E-state index contributed by atoms with van der Waals surface area (Å²) in [6.45, 7) is 1.73. The van der Waals surface area contributed by atoms with E-state index in [-0.39, 0.29) is 17.2 Å². The third-order valence-electron chi connectivity index (χ3n) is 5.31. The van der Waals surface area contributed by atoms with Gasteiger partial charge in [-0.1, -0.05) is 43.2 Å². The fourth-order valence-corrected chi connectivity index (χ4v) is 4.50. The van der Waals surface area contributed by atoms with Crippen LogP contribution in [0.2, 0.25) is 0 Å². The van der Waals surface area contributed by atoms with E-state index in [1.54, 1.807) is 43.2 Å². The van der Waals surface area contributed by atoms with Crippen molar-refractivity contribution in [2.45, 2.75) is 36.6 Å². The molecule has 1 aliphatic carbocycles. The van der Waals surface area contributed by atoms with E-state index in [0.29, 0.717) is 17.4 Å². The molecule has 0 aliphatic heterocycles. The summed E-state index contributed by atoms with van der Waals surface area (Å²) in [5.41, 5.74) is 0.864. The Kier molecular flexibility index (Phi) is 7.36. The van der Waals surface area contributed by atoms with Crippen molar-refractivity contribution in [3.63, 3.8) is 0 Å². The fraction of sp³-hybridized carbons (Fsp3) is 0.240. The van der Waals surface area contributed by atoms with Gasteiger partial charge in [0.15, 0.2) is 0 Å². The molecule has 1 fully saturated rings. The number of carbonyl (C=O) groups excluding carboxylic acids is 1. The molecule has 1 heterocycles. The maximum atomic E-state index is 13.0. The minimum atomic E-state index is -3.93. The van der Waals surface area contributed by atoms with Gasteiger partial charge in [0.2, 0.25) is 15.9 Å². The highest BCUT2D eigenvalue weighted by molar-refractivity contribution is 7.89. The minimum Gasteiger partial charge on any atom is -0.457 e. The van der Waals surface area contributed by atoms with Crippen molar-refractivity contribution < 1.29 is 17.9 Å². The topological polar surface area (TPSA) is 97.4 Å². The molecule has 171 valence electrons. The molecular weight excluding hydrogens is 438 g/mol. The second-order valence-corrected chi connectivity index (χ2v) is 9.73. The number of benzene rings is 2. The molecule has 1 atom stereocenters. The Hall–Kier alpha value is -3.23. The first-order valence-corrected chi connectivity index (χ1v) is 12.3. The highest BCUT2D eigenvalue weighted by atomic mass is 32.2. The molecule has 2 N–H and O–H groups in total. The smallest absolute Gasteiger partial charge is 0.241 e. The van der Waals surface area contributed by atoms with Gasteiger partial charge in [0.05, 0.1) is 4.90 Å². The second kappa shape index (κ2) is 10.6. The SMILES string of the molecule is O=C(N[CH]CC1CC1)[C@H](Cc1ccccc1)NS(=O)(=O)c1ccc(Oc2ccncc2)cc1. The molecule has 8 heteroatoms. The van der Waals surface area contributed by atoms with Crippen LogP contribution in [0.15, 0.2) is 84.0 Å². The third kappa shape index (κ3) is 6.87. The van der Waals surface area contributed by atoms with Crippen molar-refractivity contribution >= 4 is 15.9 Å². The number of sulfonamides is 1. The van der Waals surface area contributed by atoms with Crippen LogP contribution in [-0.2, 0) is 21.2 Å². The molecule has 1 aliphatic rings. The molecular formula is C25H26N3O4S. The van der Waals surface area contributed by atoms with Gasteiger partial charge in [0.25, 0.3) is 0 Å². The molecule has 7 nitrogen and oxygen atoms in total. The van der Waals surface area contributed by atoms with Gasteiger partial charge in [-0.3, -0.25) is 9.78 Å². The number of carbonyl (C=O) groups is 1. The molecule has 0 saturated heterocycles. The summed E-state index contributed by atoms with van der Waals surface area (Å²) in [7, 11) is -3.93. The lowest BCUT2D eigenvalue weighted by Gasteiger charge is -2.19. The van der Waals surface area contributed by atoms with E-state index < -0.39 is 16.1 Å². The van der Waals surface area contributed by atoms with E-state index in [0.717, 1.165) is 12.0 Å². The van der Waals surface area contributed by atoms with Crippen molar-refractivity contribution in [3.8, 4) is 11.5 Å². The molecule has 2 aromatic carbocycles. The number of pyridine rings is 1. The van der Waals surface area contributed by atoms with Crippen LogP contribution >= 0.6 is 0 Å². The van der Waals surface area contributed by atoms with Crippen LogP contribution < -0.4 is 14.8 Å². The van der Waals surface area contributed by atoms with Crippen molar-refractivity contribution in [2.24, 2.45) is 5.92 Å². The summed E-state index contributed by atoms with van der Waals surface area (Å²) in [6, 6.07) is 17.9. The number of aromatic nitrogens is 1. The van der Waals surface area contributed by atoms with Gasteiger partial charge < -0.3 is 10.1 Å². The zero-order valence-corrected chi connectivity index (χ0v) is 18.9. The minimum absolute atomic E-state index is 0.0531. The quantitative estimate of drug-likeness (QED) is 0.449. The van der Waals surface area contributed by atoms with E-state index in [1.165, 1.54) is 25.0 Å². The predicted octanol–water partition coefficient (Wildman–Crippen LogP) is 3.84. The number of nitrogens with one attached hydrogen (secondary N) is 2. The summed E-state index contributed by atoms with van der Waals surface area (Å²) in [6.07, 6.45) is 6.61. The monoisotopic (exact) mass is 464 g/mol. The predicted molar refractivity (Wildman–Crippen MR) is 125 cm³/mol. The summed E-state index contributed by atoms with van der Waals surface area (Å²) >= 11 is 0. The Labute approximate surface area is 194 Å². The standard InChI is InChI=1S/C25H26N3O4S/c29-25(27-17-12-19-6-7-19)24(18-20-4-2-1-3-5-20)28-33(30,31)23-10-8-21(9-11-23)32-22-13-15-26-16-14-22/h1-5,8-11,13-17,19,24,28H,6-7,12,18H2,(H,27,29)/t24-/m0/s1. The fourth-order valence-electron chi connectivity index (χ4n) is 3.30. The molecule has 3 aromatic rings. The number of rotatable bonds is 11. The first kappa shape index (κ1) is 22.9. The lowest BCUT2D eigenvalue weighted by Crippen LogP contribution is -2.47. The molecule has 1 radical (unpaired) electrons. The molecule has 1 saturated carbocycles. The van der Waals surface area contributed by atoms with Gasteiger partial charge in [0, 0.05) is 18.9 Å². The van der Waals surface area contributed by atoms with E-state index in [4.69, 9.17) is 4.74 Å². The Bertz CT molecular complexity index is 1150. The van der Waals surface area contributed by atoms with E-state index in [1.807, 2.05) is 30.3 Å². The lowest BCUT2D eigenvalue weighted by molar-refractivity contribution is -0.122. The Morgan fingerprint density at radius 2 is 1.67 bits per heavy atom. The molecule has 0 spiro atoms. The first-order chi connectivity index (χ1) is 16.0. The van der Waals surface area contributed by atoms with Gasteiger partial charge in [-0.25, -0.2) is 8.42 Å². The molecule has 0 unspecified atom stereocenters. The van der Waals surface area contributed by atoms with Crippen molar-refractivity contribution in [1.82, 2.24) is 15.0 Å². The average molecular weight is 465 g/mol. The summed E-state index contributed by atoms with van der Waals surface area (Å²) in [5, 5.41) is 2.77. The highest BCUT2D eigenvalue weighted by Crippen LogP contribution is 2.32. The number of nitrogens with zero attached hydrogens (tertiary/aromatic N) is 1. The second-order valence-electron chi connectivity index (χ2n) is 8.01. The van der Waals surface area contributed by atoms with Gasteiger partial charge in [-0.15, -0.1) is 0 Å². The normalized spacial score (nSPS) is 14.4. The van der Waals surface area contributed by atoms with Crippen molar-refractivity contribution in [3.05, 3.63) is 91.2 Å². The summed E-state index contributed by atoms with van der Waals surface area (Å²) in [4.78, 5) is 16.8. The Morgan fingerprint density at radius 1 is 1.00 bits per heavy atom. The third-order valence-corrected chi connectivity index (χ3v) is 6.80. The van der Waals surface area contributed by atoms with Crippen molar-refractivity contribution in [1.29, 1.82) is 0 Å². The number of ether oxygens (including phenoxy) is 1. The molecule has 4 rings (SSSR count). The van der Waals surface area contributed by atoms with E-state index >= 15 is 0 Å². The van der Waals surface area contributed by atoms with Crippen LogP contribution in [0.5, 0.6) is 11.5 Å². The van der Waals surface area contributed by atoms with Crippen LogP contribution in [0.3, 0.4) is 0 Å². The number of hydrogen-bond donors (Lipinski definition) is 2. The summed E-state index contributed by atoms with van der Waals surface area (Å²) in [5.74, 6) is 1.34. The highest BCUT2D eigenvalue weighted by Gasteiger charge is 2.27. The van der Waals surface area contributed by atoms with Gasteiger partial charge in [-0.2, -0.15) is 4.72 Å². The van der Waals surface area contributed by atoms with E-state index in [2.05, 4.69) is 15.0 Å². The maximum Gasteiger partial charge on any atom is 0.241 e. The van der Waals surface area contributed by atoms with Crippen LogP contribution in [0.25, 0.3) is 0 Å². The Morgan fingerprint density at radius 3 is 2.33 bits per heavy atom. The average Bonchev–Trinajstić information content (AvgIpc) is 3.65. The lowest BCUT2D eigenvalue weighted by atomic mass is 10.1. The van der Waals surface area contributed by atoms with Gasteiger partial charge in [0.1, 0.15) is 17.5 Å². The van der Waals surface area contributed by atoms with E-state index in [9.17, 15) is 13.2 Å². The number of amides is 1.